The van der Waals surface area contributed by atoms with Crippen molar-refractivity contribution in [2.45, 2.75) is 24.8 Å². The van der Waals surface area contributed by atoms with Crippen molar-refractivity contribution < 1.29 is 22.7 Å². The van der Waals surface area contributed by atoms with Crippen LogP contribution in [0.25, 0.3) is 0 Å². The van der Waals surface area contributed by atoms with Gasteiger partial charge in [-0.1, -0.05) is 53.0 Å². The minimum absolute atomic E-state index is 0.0203. The quantitative estimate of drug-likeness (QED) is 0.322. The number of rotatable bonds is 10. The van der Waals surface area contributed by atoms with E-state index in [-0.39, 0.29) is 28.9 Å². The summed E-state index contributed by atoms with van der Waals surface area (Å²) >= 11 is 18.1. The second-order valence-corrected chi connectivity index (χ2v) is 10.9. The third-order valence-electron chi connectivity index (χ3n) is 5.02. The molecular weight excluding hydrogens is 547 g/mol. The number of hydrogen-bond donors (Lipinski definition) is 1. The van der Waals surface area contributed by atoms with Crippen molar-refractivity contribution in [2.24, 2.45) is 0 Å². The molecule has 0 heterocycles. The van der Waals surface area contributed by atoms with E-state index in [4.69, 9.17) is 39.5 Å². The lowest BCUT2D eigenvalue weighted by Crippen LogP contribution is -2.37. The number of carbonyl (C=O) groups excluding carboxylic acids is 2. The van der Waals surface area contributed by atoms with E-state index in [0.717, 1.165) is 9.87 Å². The largest absolute Gasteiger partial charge is 0.466 e. The van der Waals surface area contributed by atoms with E-state index in [1.807, 2.05) is 0 Å². The first kappa shape index (κ1) is 28.0. The van der Waals surface area contributed by atoms with Gasteiger partial charge in [0.25, 0.3) is 0 Å². The number of esters is 1. The summed E-state index contributed by atoms with van der Waals surface area (Å²) < 4.78 is 32.8. The van der Waals surface area contributed by atoms with Crippen LogP contribution in [0.1, 0.15) is 18.1 Å². The smallest absolute Gasteiger partial charge is 0.310 e. The number of hydrogen-bond acceptors (Lipinski definition) is 5. The maximum atomic E-state index is 13.4. The molecule has 0 unspecified atom stereocenters. The molecule has 190 valence electrons. The predicted octanol–water partition coefficient (Wildman–Crippen LogP) is 5.58. The van der Waals surface area contributed by atoms with Crippen LogP contribution in [0.4, 0.5) is 5.69 Å². The summed E-state index contributed by atoms with van der Waals surface area (Å²) in [7, 11) is -4.09. The second kappa shape index (κ2) is 12.6. The molecule has 3 rings (SSSR count). The van der Waals surface area contributed by atoms with E-state index in [2.05, 4.69) is 5.32 Å². The van der Waals surface area contributed by atoms with Gasteiger partial charge in [0.2, 0.25) is 15.9 Å². The van der Waals surface area contributed by atoms with Gasteiger partial charge in [0.05, 0.1) is 24.5 Å². The molecule has 0 radical (unpaired) electrons. The lowest BCUT2D eigenvalue weighted by molar-refractivity contribution is -0.142. The van der Waals surface area contributed by atoms with Gasteiger partial charge in [-0.05, 0) is 66.6 Å². The number of halogens is 3. The molecule has 3 aromatic carbocycles. The highest BCUT2D eigenvalue weighted by molar-refractivity contribution is 7.89. The summed E-state index contributed by atoms with van der Waals surface area (Å²) in [5.74, 6) is -0.908. The van der Waals surface area contributed by atoms with E-state index < -0.39 is 22.5 Å². The van der Waals surface area contributed by atoms with Gasteiger partial charge < -0.3 is 10.1 Å². The average molecular weight is 570 g/mol. The second-order valence-electron chi connectivity index (χ2n) is 7.69. The molecule has 0 aliphatic rings. The minimum atomic E-state index is -4.09. The topological polar surface area (TPSA) is 92.8 Å². The molecule has 3 aromatic rings. The van der Waals surface area contributed by atoms with Gasteiger partial charge in [-0.2, -0.15) is 4.31 Å². The first-order valence-electron chi connectivity index (χ1n) is 10.8. The van der Waals surface area contributed by atoms with Crippen molar-refractivity contribution in [2.75, 3.05) is 18.5 Å². The lowest BCUT2D eigenvalue weighted by Gasteiger charge is -2.22. The monoisotopic (exact) mass is 568 g/mol. The molecule has 0 aliphatic heterocycles. The molecule has 11 heteroatoms. The van der Waals surface area contributed by atoms with Crippen molar-refractivity contribution in [1.29, 1.82) is 0 Å². The summed E-state index contributed by atoms with van der Waals surface area (Å²) in [6.45, 7) is 1.39. The van der Waals surface area contributed by atoms with Gasteiger partial charge in [-0.15, -0.1) is 0 Å². The fourth-order valence-electron chi connectivity index (χ4n) is 3.27. The van der Waals surface area contributed by atoms with Crippen LogP contribution in [0, 0.1) is 0 Å². The van der Waals surface area contributed by atoms with Crippen LogP contribution in [0.3, 0.4) is 0 Å². The highest BCUT2D eigenvalue weighted by atomic mass is 35.5. The molecule has 0 spiro atoms. The molecule has 0 bridgehead atoms. The third-order valence-corrected chi connectivity index (χ3v) is 7.67. The molecule has 7 nitrogen and oxygen atoms in total. The zero-order valence-corrected chi connectivity index (χ0v) is 22.3. The Morgan fingerprint density at radius 1 is 0.917 bits per heavy atom. The normalized spacial score (nSPS) is 11.4. The van der Waals surface area contributed by atoms with Gasteiger partial charge in [0.1, 0.15) is 0 Å². The Morgan fingerprint density at radius 3 is 2.17 bits per heavy atom. The highest BCUT2D eigenvalue weighted by Crippen LogP contribution is 2.26. The number of anilines is 1. The Labute approximate surface area is 225 Å². The predicted molar refractivity (Wildman–Crippen MR) is 141 cm³/mol. The fraction of sp³-hybridized carbons (Fsp3) is 0.200. The van der Waals surface area contributed by atoms with Crippen molar-refractivity contribution in [3.05, 3.63) is 92.9 Å². The molecule has 0 aromatic heterocycles. The van der Waals surface area contributed by atoms with Gasteiger partial charge in [-0.25, -0.2) is 8.42 Å². The Morgan fingerprint density at radius 2 is 1.56 bits per heavy atom. The molecule has 0 aliphatic carbocycles. The molecule has 0 saturated heterocycles. The summed E-state index contributed by atoms with van der Waals surface area (Å²) in [6, 6.07) is 17.0. The SMILES string of the molecule is CCOC(=O)Cc1ccc(NC(=O)CN(Cc2ccc(Cl)cc2Cl)S(=O)(=O)c2ccc(Cl)cc2)cc1. The molecule has 0 saturated carbocycles. The standard InChI is InChI=1S/C25H23Cl3N2O5S/c1-2-35-25(32)13-17-3-9-21(10-4-17)29-24(31)16-30(15-18-5-6-20(27)14-23(18)28)36(33,34)22-11-7-19(26)8-12-22/h3-12,14H,2,13,15-16H2,1H3,(H,29,31). The summed E-state index contributed by atoms with van der Waals surface area (Å²) in [5.41, 5.74) is 1.64. The molecule has 0 fully saturated rings. The van der Waals surface area contributed by atoms with Crippen LogP contribution in [-0.2, 0) is 37.3 Å². The Kier molecular flexibility index (Phi) is 9.76. The average Bonchev–Trinajstić information content (AvgIpc) is 2.82. The van der Waals surface area contributed by atoms with E-state index in [1.54, 1.807) is 43.3 Å². The number of benzene rings is 3. The van der Waals surface area contributed by atoms with Crippen LogP contribution < -0.4 is 5.32 Å². The summed E-state index contributed by atoms with van der Waals surface area (Å²) in [4.78, 5) is 24.5. The van der Waals surface area contributed by atoms with Crippen molar-refractivity contribution in [1.82, 2.24) is 4.31 Å². The fourth-order valence-corrected chi connectivity index (χ4v) is 5.24. The van der Waals surface area contributed by atoms with Crippen molar-refractivity contribution in [3.63, 3.8) is 0 Å². The van der Waals surface area contributed by atoms with Crippen molar-refractivity contribution in [3.8, 4) is 0 Å². The third kappa shape index (κ3) is 7.69. The molecule has 1 N–H and O–H groups in total. The maximum absolute atomic E-state index is 13.4. The molecule has 36 heavy (non-hydrogen) atoms. The number of carbonyl (C=O) groups is 2. The number of amides is 1. The van der Waals surface area contributed by atoms with Gasteiger partial charge >= 0.3 is 5.97 Å². The van der Waals surface area contributed by atoms with Gasteiger partial charge in [0.15, 0.2) is 0 Å². The zero-order valence-electron chi connectivity index (χ0n) is 19.2. The maximum Gasteiger partial charge on any atom is 0.310 e. The summed E-state index contributed by atoms with van der Waals surface area (Å²) in [5, 5.41) is 3.74. The Balaban J connectivity index is 1.80. The van der Waals surface area contributed by atoms with Gasteiger partial charge in [0, 0.05) is 27.3 Å². The van der Waals surface area contributed by atoms with Crippen LogP contribution in [0.2, 0.25) is 15.1 Å². The first-order valence-corrected chi connectivity index (χ1v) is 13.4. The Hall–Kier alpha value is -2.62. The number of sulfonamides is 1. The van der Waals surface area contributed by atoms with E-state index >= 15 is 0 Å². The van der Waals surface area contributed by atoms with Crippen LogP contribution in [-0.4, -0.2) is 37.8 Å². The van der Waals surface area contributed by atoms with Gasteiger partial charge in [-0.3, -0.25) is 9.59 Å². The number of nitrogens with one attached hydrogen (secondary N) is 1. The van der Waals surface area contributed by atoms with Crippen LogP contribution >= 0.6 is 34.8 Å². The van der Waals surface area contributed by atoms with Crippen LogP contribution in [0.15, 0.2) is 71.6 Å². The number of nitrogens with zero attached hydrogens (tertiary/aromatic N) is 1. The lowest BCUT2D eigenvalue weighted by atomic mass is 10.1. The van der Waals surface area contributed by atoms with E-state index in [9.17, 15) is 18.0 Å². The first-order chi connectivity index (χ1) is 17.1. The highest BCUT2D eigenvalue weighted by Gasteiger charge is 2.27. The molecular formula is C25H23Cl3N2O5S. The Bertz CT molecular complexity index is 1330. The van der Waals surface area contributed by atoms with Crippen molar-refractivity contribution >= 4 is 62.4 Å². The number of ether oxygens (including phenoxy) is 1. The summed E-state index contributed by atoms with van der Waals surface area (Å²) in [6.07, 6.45) is 0.108. The van der Waals surface area contributed by atoms with Crippen LogP contribution in [0.5, 0.6) is 0 Å². The molecule has 0 atom stereocenters. The minimum Gasteiger partial charge on any atom is -0.466 e. The molecule has 1 amide bonds. The zero-order chi connectivity index (χ0) is 26.3. The van der Waals surface area contributed by atoms with E-state index in [1.165, 1.54) is 30.3 Å². The van der Waals surface area contributed by atoms with E-state index in [0.29, 0.717) is 27.9 Å².